The number of hydrogen-bond donors (Lipinski definition) is 0. The number of nitrogens with zero attached hydrogens (tertiary/aromatic N) is 1. The quantitative estimate of drug-likeness (QED) is 0.595. The zero-order valence-electron chi connectivity index (χ0n) is 8.50. The van der Waals surface area contributed by atoms with Gasteiger partial charge in [-0.3, -0.25) is 9.69 Å². The fourth-order valence-corrected chi connectivity index (χ4v) is 1.93. The smallest absolute Gasteiger partial charge is 0.138 e. The molecule has 70 valence electrons. The first-order chi connectivity index (χ1) is 5.52. The number of Topliss-reactive ketones (excluding diaryl/α,β-unsaturated/α-hetero) is 1. The first-order valence-electron chi connectivity index (χ1n) is 4.80. The summed E-state index contributed by atoms with van der Waals surface area (Å²) in [6.45, 7) is 9.50. The summed E-state index contributed by atoms with van der Waals surface area (Å²) >= 11 is 0. The molecule has 0 aromatic rings. The minimum absolute atomic E-state index is 0.239. The molecule has 2 atom stereocenters. The van der Waals surface area contributed by atoms with Crippen LogP contribution in [0.3, 0.4) is 0 Å². The van der Waals surface area contributed by atoms with Crippen molar-refractivity contribution in [1.82, 2.24) is 4.90 Å². The Morgan fingerprint density at radius 2 is 2.00 bits per heavy atom. The topological polar surface area (TPSA) is 20.3 Å². The lowest BCUT2D eigenvalue weighted by molar-refractivity contribution is -0.127. The Morgan fingerprint density at radius 1 is 1.42 bits per heavy atom. The fraction of sp³-hybridized carbons (Fsp3) is 0.900. The maximum atomic E-state index is 11.3. The van der Waals surface area contributed by atoms with Crippen LogP contribution in [0.5, 0.6) is 0 Å². The van der Waals surface area contributed by atoms with Gasteiger partial charge in [0.2, 0.25) is 0 Å². The maximum Gasteiger partial charge on any atom is 0.138 e. The number of likely N-dealkylation sites (tertiary alicyclic amines) is 1. The first-order valence-corrected chi connectivity index (χ1v) is 4.80. The second-order valence-corrected chi connectivity index (χ2v) is 4.21. The van der Waals surface area contributed by atoms with Crippen LogP contribution < -0.4 is 0 Å². The summed E-state index contributed by atoms with van der Waals surface area (Å²) in [7, 11) is 0. The van der Waals surface area contributed by atoms with Crippen molar-refractivity contribution in [3.63, 3.8) is 0 Å². The molecule has 12 heavy (non-hydrogen) atoms. The molecule has 1 aliphatic rings. The van der Waals surface area contributed by atoms with Gasteiger partial charge in [-0.25, -0.2) is 0 Å². The zero-order chi connectivity index (χ0) is 9.30. The Kier molecular flexibility index (Phi) is 2.89. The van der Waals surface area contributed by atoms with Crippen LogP contribution in [0.2, 0.25) is 0 Å². The average Bonchev–Trinajstić information content (AvgIpc) is 1.96. The van der Waals surface area contributed by atoms with Crippen molar-refractivity contribution >= 4 is 5.78 Å². The van der Waals surface area contributed by atoms with E-state index in [9.17, 15) is 4.79 Å². The second kappa shape index (κ2) is 3.56. The molecule has 2 nitrogen and oxygen atoms in total. The molecule has 1 rings (SSSR count). The molecule has 0 saturated carbocycles. The first kappa shape index (κ1) is 9.72. The van der Waals surface area contributed by atoms with Gasteiger partial charge in [0.05, 0.1) is 0 Å². The SMILES string of the molecule is CC(C)N1C[C@@H](C)C(=O)C[C@@H]1C. The largest absolute Gasteiger partial charge is 0.299 e. The number of piperidine rings is 1. The molecular formula is C10H19NO. The molecule has 1 fully saturated rings. The Morgan fingerprint density at radius 3 is 2.50 bits per heavy atom. The number of carbonyl (C=O) groups is 1. The zero-order valence-corrected chi connectivity index (χ0v) is 8.50. The van der Waals surface area contributed by atoms with Gasteiger partial charge in [0.15, 0.2) is 0 Å². The highest BCUT2D eigenvalue weighted by Crippen LogP contribution is 2.20. The Labute approximate surface area is 74.9 Å². The third-order valence-electron chi connectivity index (χ3n) is 2.76. The summed E-state index contributed by atoms with van der Waals surface area (Å²) in [5, 5.41) is 0. The molecule has 0 aliphatic carbocycles. The van der Waals surface area contributed by atoms with Crippen LogP contribution in [-0.4, -0.2) is 29.3 Å². The van der Waals surface area contributed by atoms with E-state index in [0.717, 1.165) is 13.0 Å². The van der Waals surface area contributed by atoms with Crippen LogP contribution >= 0.6 is 0 Å². The molecule has 1 saturated heterocycles. The predicted octanol–water partition coefficient (Wildman–Crippen LogP) is 1.69. The summed E-state index contributed by atoms with van der Waals surface area (Å²) in [5.41, 5.74) is 0. The summed E-state index contributed by atoms with van der Waals surface area (Å²) in [6, 6.07) is 1.00. The molecular weight excluding hydrogens is 150 g/mol. The molecule has 0 aromatic heterocycles. The van der Waals surface area contributed by atoms with Crippen molar-refractivity contribution in [2.75, 3.05) is 6.54 Å². The standard InChI is InChI=1S/C10H19NO/c1-7(2)11-6-8(3)10(12)5-9(11)4/h7-9H,5-6H2,1-4H3/t8-,9+/m1/s1. The third-order valence-corrected chi connectivity index (χ3v) is 2.76. The van der Waals surface area contributed by atoms with Crippen molar-refractivity contribution in [3.05, 3.63) is 0 Å². The van der Waals surface area contributed by atoms with Gasteiger partial charge in [0, 0.05) is 31.0 Å². The van der Waals surface area contributed by atoms with E-state index in [-0.39, 0.29) is 5.92 Å². The molecule has 1 heterocycles. The number of hydrogen-bond acceptors (Lipinski definition) is 2. The molecule has 0 unspecified atom stereocenters. The summed E-state index contributed by atoms with van der Waals surface area (Å²) in [5.74, 6) is 0.669. The highest BCUT2D eigenvalue weighted by atomic mass is 16.1. The van der Waals surface area contributed by atoms with E-state index in [2.05, 4.69) is 25.7 Å². The van der Waals surface area contributed by atoms with E-state index in [0.29, 0.717) is 17.9 Å². The van der Waals surface area contributed by atoms with E-state index in [1.807, 2.05) is 6.92 Å². The monoisotopic (exact) mass is 169 g/mol. The van der Waals surface area contributed by atoms with Crippen molar-refractivity contribution in [2.24, 2.45) is 5.92 Å². The lowest BCUT2D eigenvalue weighted by Gasteiger charge is -2.38. The third kappa shape index (κ3) is 1.86. The Bertz CT molecular complexity index is 177. The van der Waals surface area contributed by atoms with Crippen molar-refractivity contribution in [1.29, 1.82) is 0 Å². The summed E-state index contributed by atoms with van der Waals surface area (Å²) < 4.78 is 0. The Balaban J connectivity index is 2.61. The van der Waals surface area contributed by atoms with Gasteiger partial charge >= 0.3 is 0 Å². The minimum atomic E-state index is 0.239. The van der Waals surface area contributed by atoms with E-state index < -0.39 is 0 Å². The van der Waals surface area contributed by atoms with Crippen molar-refractivity contribution < 1.29 is 4.79 Å². The molecule has 0 amide bonds. The van der Waals surface area contributed by atoms with Crippen LogP contribution in [0, 0.1) is 5.92 Å². The molecule has 0 aromatic carbocycles. The van der Waals surface area contributed by atoms with E-state index in [1.54, 1.807) is 0 Å². The normalized spacial score (nSPS) is 32.9. The molecule has 0 bridgehead atoms. The predicted molar refractivity (Wildman–Crippen MR) is 50.1 cm³/mol. The lowest BCUT2D eigenvalue weighted by Crippen LogP contribution is -2.48. The molecule has 1 aliphatic heterocycles. The van der Waals surface area contributed by atoms with Crippen LogP contribution in [0.15, 0.2) is 0 Å². The van der Waals surface area contributed by atoms with Crippen LogP contribution in [0.4, 0.5) is 0 Å². The van der Waals surface area contributed by atoms with Crippen LogP contribution in [0.1, 0.15) is 34.1 Å². The minimum Gasteiger partial charge on any atom is -0.299 e. The summed E-state index contributed by atoms with van der Waals surface area (Å²) in [6.07, 6.45) is 0.735. The number of ketones is 1. The fourth-order valence-electron chi connectivity index (χ4n) is 1.93. The molecule has 2 heteroatoms. The van der Waals surface area contributed by atoms with Crippen LogP contribution in [0.25, 0.3) is 0 Å². The molecule has 0 radical (unpaired) electrons. The van der Waals surface area contributed by atoms with Gasteiger partial charge in [-0.2, -0.15) is 0 Å². The van der Waals surface area contributed by atoms with E-state index in [4.69, 9.17) is 0 Å². The average molecular weight is 169 g/mol. The van der Waals surface area contributed by atoms with Gasteiger partial charge in [-0.15, -0.1) is 0 Å². The van der Waals surface area contributed by atoms with E-state index in [1.165, 1.54) is 0 Å². The van der Waals surface area contributed by atoms with E-state index >= 15 is 0 Å². The van der Waals surface area contributed by atoms with Gasteiger partial charge < -0.3 is 0 Å². The number of carbonyl (C=O) groups excluding carboxylic acids is 1. The maximum absolute atomic E-state index is 11.3. The number of rotatable bonds is 1. The highest BCUT2D eigenvalue weighted by Gasteiger charge is 2.30. The lowest BCUT2D eigenvalue weighted by atomic mass is 9.92. The molecule has 0 spiro atoms. The van der Waals surface area contributed by atoms with Crippen molar-refractivity contribution in [3.8, 4) is 0 Å². The van der Waals surface area contributed by atoms with Crippen LogP contribution in [-0.2, 0) is 4.79 Å². The summed E-state index contributed by atoms with van der Waals surface area (Å²) in [4.78, 5) is 13.8. The van der Waals surface area contributed by atoms with Gasteiger partial charge in [-0.05, 0) is 20.8 Å². The van der Waals surface area contributed by atoms with Gasteiger partial charge in [-0.1, -0.05) is 6.92 Å². The van der Waals surface area contributed by atoms with Crippen molar-refractivity contribution in [2.45, 2.75) is 46.2 Å². The second-order valence-electron chi connectivity index (χ2n) is 4.21. The highest BCUT2D eigenvalue weighted by molar-refractivity contribution is 5.82. The Hall–Kier alpha value is -0.370. The van der Waals surface area contributed by atoms with Gasteiger partial charge in [0.1, 0.15) is 5.78 Å². The molecule has 0 N–H and O–H groups in total. The van der Waals surface area contributed by atoms with Gasteiger partial charge in [0.25, 0.3) is 0 Å².